The maximum absolute atomic E-state index is 11.5. The van der Waals surface area contributed by atoms with Crippen molar-refractivity contribution >= 4 is 23.4 Å². The summed E-state index contributed by atoms with van der Waals surface area (Å²) in [5.41, 5.74) is -0.317. The predicted octanol–water partition coefficient (Wildman–Crippen LogP) is 3.37. The lowest BCUT2D eigenvalue weighted by Crippen LogP contribution is -2.49. The SMILES string of the molecule is CC(O)CC(C)(C)N(C(=O)O)c1ccccc1Cl. The van der Waals surface area contributed by atoms with Gasteiger partial charge in [0.2, 0.25) is 0 Å². The summed E-state index contributed by atoms with van der Waals surface area (Å²) in [5, 5.41) is 19.2. The van der Waals surface area contributed by atoms with E-state index in [4.69, 9.17) is 11.6 Å². The number of aliphatic hydroxyl groups is 1. The first-order chi connectivity index (χ1) is 8.25. The average Bonchev–Trinajstić information content (AvgIpc) is 2.18. The maximum Gasteiger partial charge on any atom is 0.412 e. The van der Waals surface area contributed by atoms with E-state index in [2.05, 4.69) is 0 Å². The normalized spacial score (nSPS) is 13.2. The minimum Gasteiger partial charge on any atom is -0.465 e. The lowest BCUT2D eigenvalue weighted by molar-refractivity contribution is 0.149. The van der Waals surface area contributed by atoms with Crippen LogP contribution in [0.3, 0.4) is 0 Å². The van der Waals surface area contributed by atoms with E-state index in [0.29, 0.717) is 17.1 Å². The van der Waals surface area contributed by atoms with Crippen molar-refractivity contribution in [1.82, 2.24) is 0 Å². The van der Waals surface area contributed by atoms with E-state index in [1.807, 2.05) is 0 Å². The molecule has 1 amide bonds. The van der Waals surface area contributed by atoms with E-state index < -0.39 is 17.7 Å². The quantitative estimate of drug-likeness (QED) is 0.883. The van der Waals surface area contributed by atoms with Gasteiger partial charge in [-0.15, -0.1) is 0 Å². The lowest BCUT2D eigenvalue weighted by Gasteiger charge is -2.37. The summed E-state index contributed by atoms with van der Waals surface area (Å²) in [6.45, 7) is 5.16. The fourth-order valence-electron chi connectivity index (χ4n) is 2.14. The number of rotatable bonds is 4. The number of aliphatic hydroxyl groups excluding tert-OH is 1. The van der Waals surface area contributed by atoms with Crippen molar-refractivity contribution in [3.63, 3.8) is 0 Å². The highest BCUT2D eigenvalue weighted by atomic mass is 35.5. The Hall–Kier alpha value is -1.26. The van der Waals surface area contributed by atoms with Crippen molar-refractivity contribution in [2.24, 2.45) is 0 Å². The topological polar surface area (TPSA) is 60.8 Å². The molecule has 0 heterocycles. The van der Waals surface area contributed by atoms with Crippen LogP contribution in [0.2, 0.25) is 5.02 Å². The highest BCUT2D eigenvalue weighted by Gasteiger charge is 2.34. The third kappa shape index (κ3) is 3.37. The van der Waals surface area contributed by atoms with Crippen LogP contribution in [0.1, 0.15) is 27.2 Å². The standard InChI is InChI=1S/C13H18ClNO3/c1-9(16)8-13(2,3)15(12(17)18)11-7-5-4-6-10(11)14/h4-7,9,16H,8H2,1-3H3,(H,17,18). The fourth-order valence-corrected chi connectivity index (χ4v) is 2.36. The molecule has 5 heteroatoms. The molecule has 4 nitrogen and oxygen atoms in total. The number of anilines is 1. The maximum atomic E-state index is 11.5. The summed E-state index contributed by atoms with van der Waals surface area (Å²) in [6, 6.07) is 6.77. The molecule has 1 atom stereocenters. The van der Waals surface area contributed by atoms with E-state index in [1.54, 1.807) is 45.0 Å². The molecule has 0 aliphatic heterocycles. The Balaban J connectivity index is 3.19. The number of hydrogen-bond acceptors (Lipinski definition) is 2. The summed E-state index contributed by atoms with van der Waals surface area (Å²) in [4.78, 5) is 12.7. The van der Waals surface area contributed by atoms with Gasteiger partial charge < -0.3 is 10.2 Å². The van der Waals surface area contributed by atoms with Gasteiger partial charge in [0, 0.05) is 5.54 Å². The molecule has 0 aliphatic rings. The molecular formula is C13H18ClNO3. The molecule has 0 saturated carbocycles. The molecule has 0 fully saturated rings. The molecule has 0 aromatic heterocycles. The van der Waals surface area contributed by atoms with E-state index in [0.717, 1.165) is 0 Å². The molecule has 100 valence electrons. The summed E-state index contributed by atoms with van der Waals surface area (Å²) in [7, 11) is 0. The van der Waals surface area contributed by atoms with Gasteiger partial charge in [-0.1, -0.05) is 23.7 Å². The third-order valence-corrected chi connectivity index (χ3v) is 3.00. The Kier molecular flexibility index (Phi) is 4.59. The second-order valence-corrected chi connectivity index (χ2v) is 5.34. The van der Waals surface area contributed by atoms with Crippen LogP contribution in [0.4, 0.5) is 10.5 Å². The summed E-state index contributed by atoms with van der Waals surface area (Å²) in [6.07, 6.45) is -1.36. The van der Waals surface area contributed by atoms with Crippen LogP contribution >= 0.6 is 11.6 Å². The van der Waals surface area contributed by atoms with Crippen molar-refractivity contribution in [2.75, 3.05) is 4.90 Å². The third-order valence-electron chi connectivity index (χ3n) is 2.68. The van der Waals surface area contributed by atoms with Gasteiger partial charge in [-0.25, -0.2) is 4.79 Å². The van der Waals surface area contributed by atoms with Crippen LogP contribution in [0.25, 0.3) is 0 Å². The Labute approximate surface area is 112 Å². The van der Waals surface area contributed by atoms with Crippen LogP contribution in [0, 0.1) is 0 Å². The number of amides is 1. The van der Waals surface area contributed by atoms with Gasteiger partial charge in [0.05, 0.1) is 16.8 Å². The zero-order chi connectivity index (χ0) is 13.9. The van der Waals surface area contributed by atoms with Crippen LogP contribution in [-0.2, 0) is 0 Å². The zero-order valence-corrected chi connectivity index (χ0v) is 11.5. The Bertz CT molecular complexity index is 432. The molecule has 1 rings (SSSR count). The number of benzene rings is 1. The zero-order valence-electron chi connectivity index (χ0n) is 10.7. The Morgan fingerprint density at radius 1 is 1.44 bits per heavy atom. The minimum atomic E-state index is -1.09. The monoisotopic (exact) mass is 271 g/mol. The molecule has 1 aromatic rings. The van der Waals surface area contributed by atoms with E-state index in [-0.39, 0.29) is 0 Å². The highest BCUT2D eigenvalue weighted by molar-refractivity contribution is 6.33. The first-order valence-corrected chi connectivity index (χ1v) is 6.09. The van der Waals surface area contributed by atoms with Gasteiger partial charge in [0.1, 0.15) is 0 Å². The van der Waals surface area contributed by atoms with Gasteiger partial charge in [0.15, 0.2) is 0 Å². The smallest absolute Gasteiger partial charge is 0.412 e. The van der Waals surface area contributed by atoms with Crippen molar-refractivity contribution in [1.29, 1.82) is 0 Å². The van der Waals surface area contributed by atoms with Gasteiger partial charge >= 0.3 is 6.09 Å². The van der Waals surface area contributed by atoms with Crippen LogP contribution in [0.15, 0.2) is 24.3 Å². The lowest BCUT2D eigenvalue weighted by atomic mass is 9.94. The number of hydrogen-bond donors (Lipinski definition) is 2. The van der Waals surface area contributed by atoms with Gasteiger partial charge in [-0.3, -0.25) is 4.90 Å². The van der Waals surface area contributed by atoms with E-state index >= 15 is 0 Å². The summed E-state index contributed by atoms with van der Waals surface area (Å²) < 4.78 is 0. The number of para-hydroxylation sites is 1. The first kappa shape index (κ1) is 14.8. The summed E-state index contributed by atoms with van der Waals surface area (Å²) in [5.74, 6) is 0. The predicted molar refractivity (Wildman–Crippen MR) is 72.3 cm³/mol. The van der Waals surface area contributed by atoms with Crippen LogP contribution in [0.5, 0.6) is 0 Å². The molecule has 0 saturated heterocycles. The molecule has 1 unspecified atom stereocenters. The van der Waals surface area contributed by atoms with E-state index in [1.165, 1.54) is 4.90 Å². The number of carbonyl (C=O) groups is 1. The Morgan fingerprint density at radius 2 is 2.00 bits per heavy atom. The van der Waals surface area contributed by atoms with Crippen LogP contribution in [-0.4, -0.2) is 27.9 Å². The van der Waals surface area contributed by atoms with E-state index in [9.17, 15) is 15.0 Å². The number of nitrogens with zero attached hydrogens (tertiary/aromatic N) is 1. The molecule has 0 aliphatic carbocycles. The minimum absolute atomic E-state index is 0.324. The number of halogens is 1. The van der Waals surface area contributed by atoms with Crippen molar-refractivity contribution in [3.05, 3.63) is 29.3 Å². The molecule has 2 N–H and O–H groups in total. The molecule has 0 radical (unpaired) electrons. The van der Waals surface area contributed by atoms with Gasteiger partial charge in [-0.2, -0.15) is 0 Å². The van der Waals surface area contributed by atoms with Crippen molar-refractivity contribution in [2.45, 2.75) is 38.8 Å². The fraction of sp³-hybridized carbons (Fsp3) is 0.462. The molecule has 0 bridgehead atoms. The average molecular weight is 272 g/mol. The van der Waals surface area contributed by atoms with Crippen LogP contribution < -0.4 is 4.90 Å². The second kappa shape index (κ2) is 5.59. The summed E-state index contributed by atoms with van der Waals surface area (Å²) >= 11 is 6.04. The number of carboxylic acid groups (broad SMARTS) is 1. The molecule has 1 aromatic carbocycles. The molecular weight excluding hydrogens is 254 g/mol. The molecule has 18 heavy (non-hydrogen) atoms. The largest absolute Gasteiger partial charge is 0.465 e. The van der Waals surface area contributed by atoms with Gasteiger partial charge in [0.25, 0.3) is 0 Å². The van der Waals surface area contributed by atoms with Crippen molar-refractivity contribution in [3.8, 4) is 0 Å². The van der Waals surface area contributed by atoms with Crippen molar-refractivity contribution < 1.29 is 15.0 Å². The molecule has 0 spiro atoms. The second-order valence-electron chi connectivity index (χ2n) is 4.93. The Morgan fingerprint density at radius 3 is 2.44 bits per heavy atom. The van der Waals surface area contributed by atoms with Gasteiger partial charge in [-0.05, 0) is 39.3 Å². The highest BCUT2D eigenvalue weighted by Crippen LogP contribution is 2.33. The first-order valence-electron chi connectivity index (χ1n) is 5.71.